The van der Waals surface area contributed by atoms with Gasteiger partial charge in [-0.2, -0.15) is 0 Å². The average molecular weight is 418 g/mol. The molecule has 3 aromatic rings. The number of carbonyl (C=O) groups is 1. The number of rotatable bonds is 5. The number of esters is 1. The van der Waals surface area contributed by atoms with E-state index in [2.05, 4.69) is 9.98 Å². The summed E-state index contributed by atoms with van der Waals surface area (Å²) in [5.74, 6) is 1.27. The summed E-state index contributed by atoms with van der Waals surface area (Å²) in [4.78, 5) is 33.9. The lowest BCUT2D eigenvalue weighted by Gasteiger charge is -2.09. The molecule has 138 valence electrons. The zero-order chi connectivity index (χ0) is 18.6. The van der Waals surface area contributed by atoms with Crippen LogP contribution in [0.1, 0.15) is 21.6 Å². The number of fused-ring (bicyclic) bond motifs is 1. The first kappa shape index (κ1) is 18.3. The van der Waals surface area contributed by atoms with Gasteiger partial charge in [-0.25, -0.2) is 9.78 Å². The van der Waals surface area contributed by atoms with E-state index in [0.717, 1.165) is 22.2 Å². The smallest absolute Gasteiger partial charge is 0.338 e. The second kappa shape index (κ2) is 8.28. The van der Waals surface area contributed by atoms with Crippen LogP contribution >= 0.6 is 34.9 Å². The Labute approximate surface area is 167 Å². The lowest BCUT2D eigenvalue weighted by Crippen LogP contribution is -2.15. The van der Waals surface area contributed by atoms with Crippen LogP contribution in [0.2, 0.25) is 0 Å². The Kier molecular flexibility index (Phi) is 5.61. The molecule has 1 aliphatic heterocycles. The molecule has 0 saturated heterocycles. The summed E-state index contributed by atoms with van der Waals surface area (Å²) in [5.41, 5.74) is 1.70. The van der Waals surface area contributed by atoms with Crippen molar-refractivity contribution in [3.8, 4) is 0 Å². The number of carbonyl (C=O) groups excluding carboxylic acids is 1. The molecule has 9 heteroatoms. The largest absolute Gasteiger partial charge is 0.456 e. The molecule has 4 rings (SSSR count). The third kappa shape index (κ3) is 4.26. The molecule has 0 unspecified atom stereocenters. The van der Waals surface area contributed by atoms with E-state index in [-0.39, 0.29) is 12.2 Å². The van der Waals surface area contributed by atoms with Crippen molar-refractivity contribution < 1.29 is 9.53 Å². The third-order valence-electron chi connectivity index (χ3n) is 3.85. The van der Waals surface area contributed by atoms with E-state index in [1.54, 1.807) is 41.2 Å². The topological polar surface area (TPSA) is 73.0 Å². The minimum Gasteiger partial charge on any atom is -0.456 e. The fourth-order valence-electron chi connectivity index (χ4n) is 2.57. The molecule has 0 aliphatic carbocycles. The first-order valence-electron chi connectivity index (χ1n) is 8.21. The van der Waals surface area contributed by atoms with Gasteiger partial charge in [-0.1, -0.05) is 41.7 Å². The first-order chi connectivity index (χ1) is 13.2. The van der Waals surface area contributed by atoms with Gasteiger partial charge in [0.1, 0.15) is 11.0 Å². The average Bonchev–Trinajstić information content (AvgIpc) is 3.36. The maximum Gasteiger partial charge on any atom is 0.338 e. The second-order valence-corrected chi connectivity index (χ2v) is 8.84. The molecule has 0 fully saturated rings. The molecule has 0 N–H and O–H groups in total. The minimum absolute atomic E-state index is 0.0352. The Morgan fingerprint density at radius 3 is 3.07 bits per heavy atom. The maximum absolute atomic E-state index is 12.6. The van der Waals surface area contributed by atoms with E-state index < -0.39 is 5.97 Å². The summed E-state index contributed by atoms with van der Waals surface area (Å²) in [5, 5.41) is 1.79. The van der Waals surface area contributed by atoms with E-state index in [4.69, 9.17) is 4.74 Å². The number of hydrogen-bond acceptors (Lipinski definition) is 8. The molecular weight excluding hydrogens is 402 g/mol. The van der Waals surface area contributed by atoms with Crippen LogP contribution in [0.15, 0.2) is 51.7 Å². The maximum atomic E-state index is 12.6. The first-order valence-corrected chi connectivity index (χ1v) is 11.1. The Morgan fingerprint density at radius 2 is 2.22 bits per heavy atom. The summed E-state index contributed by atoms with van der Waals surface area (Å²) in [7, 11) is 0. The highest BCUT2D eigenvalue weighted by Crippen LogP contribution is 2.26. The van der Waals surface area contributed by atoms with Crippen molar-refractivity contribution in [1.82, 2.24) is 9.38 Å². The van der Waals surface area contributed by atoms with Gasteiger partial charge in [0.15, 0.2) is 4.96 Å². The van der Waals surface area contributed by atoms with Crippen molar-refractivity contribution in [2.45, 2.75) is 12.4 Å². The van der Waals surface area contributed by atoms with Crippen molar-refractivity contribution >= 4 is 50.2 Å². The minimum atomic E-state index is -0.416. The Bertz CT molecular complexity index is 1070. The van der Waals surface area contributed by atoms with Gasteiger partial charge in [-0.15, -0.1) is 11.3 Å². The van der Waals surface area contributed by atoms with Gasteiger partial charge >= 0.3 is 5.97 Å². The lowest BCUT2D eigenvalue weighted by atomic mass is 10.1. The normalized spacial score (nSPS) is 13.7. The summed E-state index contributed by atoms with van der Waals surface area (Å²) in [6.07, 6.45) is 1.67. The number of benzene rings is 1. The van der Waals surface area contributed by atoms with Gasteiger partial charge < -0.3 is 4.74 Å². The van der Waals surface area contributed by atoms with Crippen molar-refractivity contribution in [2.24, 2.45) is 4.99 Å². The van der Waals surface area contributed by atoms with E-state index in [1.165, 1.54) is 21.8 Å². The van der Waals surface area contributed by atoms with Crippen molar-refractivity contribution in [3.05, 3.63) is 69.1 Å². The molecule has 2 aromatic heterocycles. The van der Waals surface area contributed by atoms with Gasteiger partial charge in [0.05, 0.1) is 17.8 Å². The molecule has 3 heterocycles. The summed E-state index contributed by atoms with van der Waals surface area (Å²) in [6.45, 7) is 0.824. The van der Waals surface area contributed by atoms with Crippen LogP contribution < -0.4 is 5.56 Å². The van der Waals surface area contributed by atoms with Crippen LogP contribution in [0.25, 0.3) is 4.96 Å². The number of thiazole rings is 1. The molecule has 1 aliphatic rings. The van der Waals surface area contributed by atoms with Crippen LogP contribution in [0.4, 0.5) is 0 Å². The van der Waals surface area contributed by atoms with Crippen LogP contribution in [-0.4, -0.2) is 32.0 Å². The van der Waals surface area contributed by atoms with Crippen molar-refractivity contribution in [2.75, 3.05) is 12.3 Å². The van der Waals surface area contributed by atoms with Crippen LogP contribution in [0, 0.1) is 0 Å². The predicted molar refractivity (Wildman–Crippen MR) is 111 cm³/mol. The monoisotopic (exact) mass is 417 g/mol. The quantitative estimate of drug-likeness (QED) is 0.592. The Hall–Kier alpha value is -2.10. The fourth-order valence-corrected chi connectivity index (χ4v) is 5.32. The highest BCUT2D eigenvalue weighted by molar-refractivity contribution is 8.38. The Balaban J connectivity index is 1.45. The van der Waals surface area contributed by atoms with E-state index in [9.17, 15) is 9.59 Å². The van der Waals surface area contributed by atoms with Gasteiger partial charge in [0.2, 0.25) is 0 Å². The van der Waals surface area contributed by atoms with Gasteiger partial charge in [-0.3, -0.25) is 14.2 Å². The molecule has 0 atom stereocenters. The number of thioether (sulfide) groups is 2. The summed E-state index contributed by atoms with van der Waals surface area (Å²) < 4.78 is 7.94. The number of nitrogens with zero attached hydrogens (tertiary/aromatic N) is 3. The van der Waals surface area contributed by atoms with Crippen LogP contribution in [0.3, 0.4) is 0 Å². The molecular formula is C18H15N3O3S3. The van der Waals surface area contributed by atoms with Crippen molar-refractivity contribution in [1.29, 1.82) is 0 Å². The van der Waals surface area contributed by atoms with Crippen LogP contribution in [-0.2, 0) is 17.1 Å². The molecule has 0 amide bonds. The molecule has 0 spiro atoms. The molecule has 6 nitrogen and oxygen atoms in total. The molecule has 27 heavy (non-hydrogen) atoms. The zero-order valence-electron chi connectivity index (χ0n) is 14.2. The summed E-state index contributed by atoms with van der Waals surface area (Å²) >= 11 is 4.74. The predicted octanol–water partition coefficient (Wildman–Crippen LogP) is 3.45. The second-order valence-electron chi connectivity index (χ2n) is 5.66. The van der Waals surface area contributed by atoms with Gasteiger partial charge in [0, 0.05) is 29.1 Å². The highest BCUT2D eigenvalue weighted by atomic mass is 32.2. The third-order valence-corrected chi connectivity index (χ3v) is 6.91. The van der Waals surface area contributed by atoms with E-state index >= 15 is 0 Å². The fraction of sp³-hybridized carbons (Fsp3) is 0.222. The zero-order valence-corrected chi connectivity index (χ0v) is 16.6. The SMILES string of the molecule is O=C(OCc1cc(=O)n2ccsc2n1)c1ccccc1CSC1=NCCS1. The summed E-state index contributed by atoms with van der Waals surface area (Å²) in [6, 6.07) is 8.79. The van der Waals surface area contributed by atoms with Gasteiger partial charge in [0.25, 0.3) is 5.56 Å². The molecule has 0 saturated carbocycles. The standard InChI is InChI=1S/C18H15N3O3S3/c22-15-9-13(20-17-21(15)6-8-25-17)10-24-16(23)14-4-2-1-3-12(14)11-27-18-19-5-7-26-18/h1-4,6,8-9H,5,7,10-11H2. The Morgan fingerprint density at radius 1 is 1.33 bits per heavy atom. The number of hydrogen-bond donors (Lipinski definition) is 0. The van der Waals surface area contributed by atoms with E-state index in [0.29, 0.717) is 22.0 Å². The molecule has 1 aromatic carbocycles. The number of aromatic nitrogens is 2. The van der Waals surface area contributed by atoms with E-state index in [1.807, 2.05) is 18.2 Å². The lowest BCUT2D eigenvalue weighted by molar-refractivity contribution is 0.0467. The van der Waals surface area contributed by atoms with Crippen LogP contribution in [0.5, 0.6) is 0 Å². The van der Waals surface area contributed by atoms with Crippen molar-refractivity contribution in [3.63, 3.8) is 0 Å². The molecule has 0 bridgehead atoms. The molecule has 0 radical (unpaired) electrons. The van der Waals surface area contributed by atoms with Gasteiger partial charge in [-0.05, 0) is 11.6 Å². The number of ether oxygens (including phenoxy) is 1. The highest BCUT2D eigenvalue weighted by Gasteiger charge is 2.15. The number of aliphatic imine (C=N–C) groups is 1.